The van der Waals surface area contributed by atoms with E-state index < -0.39 is 5.91 Å². The van der Waals surface area contributed by atoms with Crippen LogP contribution in [-0.4, -0.2) is 11.0 Å². The van der Waals surface area contributed by atoms with Gasteiger partial charge in [0.05, 0.1) is 0 Å². The standard InChI is InChI=1S/C20H17ClN2O2/c1-3-5-15-10-14(8-9-19(15)24)11-16(12-22)20(25)23-18-7-4-6-17(21)13(18)2/h3-4,6-11,24H,1,5H2,2H3,(H,23,25)/b16-11-. The van der Waals surface area contributed by atoms with Gasteiger partial charge < -0.3 is 10.4 Å². The van der Waals surface area contributed by atoms with Gasteiger partial charge in [0.2, 0.25) is 0 Å². The van der Waals surface area contributed by atoms with Crippen LogP contribution in [0.5, 0.6) is 5.75 Å². The molecule has 0 heterocycles. The summed E-state index contributed by atoms with van der Waals surface area (Å²) in [4.78, 5) is 12.4. The fourth-order valence-electron chi connectivity index (χ4n) is 2.26. The van der Waals surface area contributed by atoms with Gasteiger partial charge in [-0.3, -0.25) is 4.79 Å². The molecule has 0 fully saturated rings. The summed E-state index contributed by atoms with van der Waals surface area (Å²) in [6, 6.07) is 12.0. The molecule has 0 aliphatic rings. The molecule has 5 heteroatoms. The van der Waals surface area contributed by atoms with Crippen LogP contribution in [-0.2, 0) is 11.2 Å². The molecule has 0 saturated carbocycles. The lowest BCUT2D eigenvalue weighted by Crippen LogP contribution is -2.14. The van der Waals surface area contributed by atoms with E-state index >= 15 is 0 Å². The van der Waals surface area contributed by atoms with E-state index in [1.165, 1.54) is 12.1 Å². The highest BCUT2D eigenvalue weighted by atomic mass is 35.5. The van der Waals surface area contributed by atoms with Gasteiger partial charge in [0, 0.05) is 10.7 Å². The van der Waals surface area contributed by atoms with E-state index in [1.807, 2.05) is 6.07 Å². The molecule has 126 valence electrons. The Morgan fingerprint density at radius 3 is 2.84 bits per heavy atom. The second-order valence-corrected chi connectivity index (χ2v) is 5.82. The van der Waals surface area contributed by atoms with Gasteiger partial charge in [-0.1, -0.05) is 29.8 Å². The van der Waals surface area contributed by atoms with Crippen molar-refractivity contribution in [1.82, 2.24) is 0 Å². The number of hydrogen-bond acceptors (Lipinski definition) is 3. The number of carbonyl (C=O) groups excluding carboxylic acids is 1. The molecule has 2 rings (SSSR count). The first kappa shape index (κ1) is 18.3. The number of phenolic OH excluding ortho intramolecular Hbond substituents is 1. The number of phenols is 1. The molecule has 2 aromatic rings. The number of amides is 1. The van der Waals surface area contributed by atoms with Crippen molar-refractivity contribution in [3.8, 4) is 11.8 Å². The van der Waals surface area contributed by atoms with Crippen molar-refractivity contribution in [3.05, 3.63) is 76.3 Å². The minimum absolute atomic E-state index is 0.0466. The Bertz CT molecular complexity index is 895. The highest BCUT2D eigenvalue weighted by molar-refractivity contribution is 6.31. The van der Waals surface area contributed by atoms with Gasteiger partial charge in [-0.25, -0.2) is 0 Å². The number of hydrogen-bond donors (Lipinski definition) is 2. The third-order valence-electron chi connectivity index (χ3n) is 3.66. The minimum Gasteiger partial charge on any atom is -0.508 e. The Balaban J connectivity index is 2.29. The van der Waals surface area contributed by atoms with Crippen LogP contribution in [0.2, 0.25) is 5.02 Å². The summed E-state index contributed by atoms with van der Waals surface area (Å²) >= 11 is 6.04. The van der Waals surface area contributed by atoms with Crippen LogP contribution in [0, 0.1) is 18.3 Å². The Morgan fingerprint density at radius 2 is 2.16 bits per heavy atom. The second kappa shape index (κ2) is 8.18. The van der Waals surface area contributed by atoms with E-state index in [9.17, 15) is 15.2 Å². The lowest BCUT2D eigenvalue weighted by molar-refractivity contribution is -0.112. The molecule has 25 heavy (non-hydrogen) atoms. The number of aromatic hydroxyl groups is 1. The molecule has 0 radical (unpaired) electrons. The van der Waals surface area contributed by atoms with E-state index in [-0.39, 0.29) is 11.3 Å². The van der Waals surface area contributed by atoms with Crippen molar-refractivity contribution in [3.63, 3.8) is 0 Å². The number of nitriles is 1. The maximum absolute atomic E-state index is 12.4. The zero-order chi connectivity index (χ0) is 18.4. The molecule has 2 N–H and O–H groups in total. The summed E-state index contributed by atoms with van der Waals surface area (Å²) in [5.41, 5.74) is 2.55. The first-order valence-corrected chi connectivity index (χ1v) is 7.95. The maximum Gasteiger partial charge on any atom is 0.266 e. The molecule has 0 atom stereocenters. The highest BCUT2D eigenvalue weighted by Crippen LogP contribution is 2.24. The van der Waals surface area contributed by atoms with Crippen LogP contribution < -0.4 is 5.32 Å². The Morgan fingerprint density at radius 1 is 1.40 bits per heavy atom. The van der Waals surface area contributed by atoms with E-state index in [0.717, 1.165) is 5.56 Å². The first-order chi connectivity index (χ1) is 12.0. The molecular weight excluding hydrogens is 336 g/mol. The van der Waals surface area contributed by atoms with Crippen molar-refractivity contribution < 1.29 is 9.90 Å². The lowest BCUT2D eigenvalue weighted by atomic mass is 10.0. The van der Waals surface area contributed by atoms with Gasteiger partial charge >= 0.3 is 0 Å². The van der Waals surface area contributed by atoms with E-state index in [1.54, 1.807) is 43.3 Å². The average molecular weight is 353 g/mol. The van der Waals surface area contributed by atoms with Crippen LogP contribution in [0.15, 0.2) is 54.6 Å². The highest BCUT2D eigenvalue weighted by Gasteiger charge is 2.12. The molecule has 2 aromatic carbocycles. The third-order valence-corrected chi connectivity index (χ3v) is 4.07. The summed E-state index contributed by atoms with van der Waals surface area (Å²) in [5.74, 6) is -0.374. The van der Waals surface area contributed by atoms with Gasteiger partial charge in [0.25, 0.3) is 5.91 Å². The smallest absolute Gasteiger partial charge is 0.266 e. The number of carbonyl (C=O) groups is 1. The number of halogens is 1. The van der Waals surface area contributed by atoms with Crippen LogP contribution in [0.25, 0.3) is 6.08 Å². The van der Waals surface area contributed by atoms with Gasteiger partial charge in [0.1, 0.15) is 17.4 Å². The zero-order valence-electron chi connectivity index (χ0n) is 13.7. The molecule has 0 unspecified atom stereocenters. The number of anilines is 1. The van der Waals surface area contributed by atoms with Crippen LogP contribution >= 0.6 is 11.6 Å². The van der Waals surface area contributed by atoms with Crippen LogP contribution in [0.1, 0.15) is 16.7 Å². The van der Waals surface area contributed by atoms with Crippen LogP contribution in [0.3, 0.4) is 0 Å². The van der Waals surface area contributed by atoms with Crippen molar-refractivity contribution >= 4 is 29.3 Å². The molecule has 1 amide bonds. The minimum atomic E-state index is -0.522. The quantitative estimate of drug-likeness (QED) is 0.468. The summed E-state index contributed by atoms with van der Waals surface area (Å²) in [7, 11) is 0. The first-order valence-electron chi connectivity index (χ1n) is 7.57. The number of nitrogens with one attached hydrogen (secondary N) is 1. The predicted octanol–water partition coefficient (Wildman–Crippen LogP) is 4.63. The molecule has 0 bridgehead atoms. The SMILES string of the molecule is C=CCc1cc(/C=C(/C#N)C(=O)Nc2cccc(Cl)c2C)ccc1O. The van der Waals surface area contributed by atoms with E-state index in [4.69, 9.17) is 11.6 Å². The Kier molecular flexibility index (Phi) is 5.99. The second-order valence-electron chi connectivity index (χ2n) is 5.42. The average Bonchev–Trinajstić information content (AvgIpc) is 2.59. The van der Waals surface area contributed by atoms with Gasteiger partial charge in [-0.05, 0) is 60.4 Å². The Labute approximate surface area is 151 Å². The number of nitrogens with zero attached hydrogens (tertiary/aromatic N) is 1. The molecular formula is C20H17ClN2O2. The summed E-state index contributed by atoms with van der Waals surface area (Å²) in [5, 5.41) is 22.3. The van der Waals surface area contributed by atoms with Crippen molar-refractivity contribution in [2.45, 2.75) is 13.3 Å². The normalized spacial score (nSPS) is 10.8. The molecule has 0 aliphatic carbocycles. The van der Waals surface area contributed by atoms with Crippen molar-refractivity contribution in [2.75, 3.05) is 5.32 Å². The summed E-state index contributed by atoms with van der Waals surface area (Å²) < 4.78 is 0. The Hall–Kier alpha value is -3.03. The third kappa shape index (κ3) is 4.50. The summed E-state index contributed by atoms with van der Waals surface area (Å²) in [6.07, 6.45) is 3.63. The van der Waals surface area contributed by atoms with Crippen molar-refractivity contribution in [2.24, 2.45) is 0 Å². The molecule has 0 saturated heterocycles. The molecule has 4 nitrogen and oxygen atoms in total. The topological polar surface area (TPSA) is 73.1 Å². The van der Waals surface area contributed by atoms with Crippen LogP contribution in [0.4, 0.5) is 5.69 Å². The fraction of sp³-hybridized carbons (Fsp3) is 0.100. The van der Waals surface area contributed by atoms with Gasteiger partial charge in [0.15, 0.2) is 0 Å². The maximum atomic E-state index is 12.4. The number of rotatable bonds is 5. The van der Waals surface area contributed by atoms with Gasteiger partial charge in [-0.15, -0.1) is 6.58 Å². The zero-order valence-corrected chi connectivity index (χ0v) is 14.5. The number of benzene rings is 2. The number of allylic oxidation sites excluding steroid dienone is 1. The van der Waals surface area contributed by atoms with E-state index in [0.29, 0.717) is 28.3 Å². The molecule has 0 aliphatic heterocycles. The fourth-order valence-corrected chi connectivity index (χ4v) is 2.44. The van der Waals surface area contributed by atoms with E-state index in [2.05, 4.69) is 11.9 Å². The largest absolute Gasteiger partial charge is 0.508 e. The van der Waals surface area contributed by atoms with Crippen molar-refractivity contribution in [1.29, 1.82) is 5.26 Å². The molecule has 0 aromatic heterocycles. The monoisotopic (exact) mass is 352 g/mol. The summed E-state index contributed by atoms with van der Waals surface area (Å²) in [6.45, 7) is 5.43. The van der Waals surface area contributed by atoms with Gasteiger partial charge in [-0.2, -0.15) is 5.26 Å². The lowest BCUT2D eigenvalue weighted by Gasteiger charge is -2.09. The molecule has 0 spiro atoms. The predicted molar refractivity (Wildman–Crippen MR) is 100 cm³/mol.